The minimum absolute atomic E-state index is 0.0788. The molecule has 2 aromatic carbocycles. The summed E-state index contributed by atoms with van der Waals surface area (Å²) in [7, 11) is 3.19. The van der Waals surface area contributed by atoms with Crippen LogP contribution in [0.3, 0.4) is 0 Å². The van der Waals surface area contributed by atoms with Crippen molar-refractivity contribution in [2.75, 3.05) is 27.4 Å². The molecular weight excluding hydrogens is 394 g/mol. The molecule has 0 bridgehead atoms. The summed E-state index contributed by atoms with van der Waals surface area (Å²) < 4.78 is 16.4. The van der Waals surface area contributed by atoms with Gasteiger partial charge in [0.1, 0.15) is 11.3 Å². The third-order valence-electron chi connectivity index (χ3n) is 5.08. The summed E-state index contributed by atoms with van der Waals surface area (Å²) in [5, 5.41) is 0.791. The molecule has 6 nitrogen and oxygen atoms in total. The van der Waals surface area contributed by atoms with Crippen molar-refractivity contribution in [2.24, 2.45) is 0 Å². The smallest absolute Gasteiger partial charge is 0.290 e. The van der Waals surface area contributed by atoms with E-state index in [-0.39, 0.29) is 17.1 Å². The Balaban J connectivity index is 1.92. The number of ether oxygens (including phenoxy) is 2. The number of hydrogen-bond acceptors (Lipinski definition) is 5. The predicted molar refractivity (Wildman–Crippen MR) is 110 cm³/mol. The first-order valence-corrected chi connectivity index (χ1v) is 9.63. The lowest BCUT2D eigenvalue weighted by atomic mass is 9.98. The number of benzene rings is 2. The fraction of sp³-hybridized carbons (Fsp3) is 0.273. The van der Waals surface area contributed by atoms with Crippen LogP contribution in [0.1, 0.15) is 34.1 Å². The largest absolute Gasteiger partial charge is 0.497 e. The quantitative estimate of drug-likeness (QED) is 0.570. The monoisotopic (exact) mass is 413 g/mol. The Morgan fingerprint density at radius 1 is 1.14 bits per heavy atom. The number of hydrogen-bond donors (Lipinski definition) is 0. The molecule has 0 aliphatic carbocycles. The minimum atomic E-state index is -0.566. The van der Waals surface area contributed by atoms with E-state index in [1.54, 1.807) is 37.3 Å². The molecule has 0 saturated carbocycles. The van der Waals surface area contributed by atoms with Crippen LogP contribution in [0.4, 0.5) is 0 Å². The summed E-state index contributed by atoms with van der Waals surface area (Å²) in [4.78, 5) is 28.2. The standard InChI is InChI=1S/C22H20ClNO5/c1-27-10-4-9-24-19(13-5-3-6-15(11-13)28-2)18-20(25)16-12-14(23)7-8-17(16)29-21(18)22(24)26/h3,5-8,11-12,19H,4,9-10H2,1-2H3. The summed E-state index contributed by atoms with van der Waals surface area (Å²) in [5.41, 5.74) is 1.20. The van der Waals surface area contributed by atoms with Crippen molar-refractivity contribution in [3.8, 4) is 5.75 Å². The number of methoxy groups -OCH3 is 2. The van der Waals surface area contributed by atoms with Crippen LogP contribution in [0.2, 0.25) is 5.02 Å². The molecule has 29 heavy (non-hydrogen) atoms. The molecule has 1 unspecified atom stereocenters. The molecule has 1 aliphatic rings. The van der Waals surface area contributed by atoms with Gasteiger partial charge in [0.05, 0.1) is 24.1 Å². The number of halogens is 1. The first kappa shape index (κ1) is 19.5. The van der Waals surface area contributed by atoms with E-state index in [0.29, 0.717) is 46.9 Å². The zero-order valence-electron chi connectivity index (χ0n) is 16.1. The average molecular weight is 414 g/mol. The molecular formula is C22H20ClNO5. The highest BCUT2D eigenvalue weighted by molar-refractivity contribution is 6.31. The normalized spacial score (nSPS) is 15.8. The van der Waals surface area contributed by atoms with Crippen molar-refractivity contribution in [3.05, 3.63) is 74.6 Å². The van der Waals surface area contributed by atoms with E-state index in [2.05, 4.69) is 0 Å². The van der Waals surface area contributed by atoms with E-state index in [0.717, 1.165) is 5.56 Å². The van der Waals surface area contributed by atoms with Crippen LogP contribution in [0.25, 0.3) is 11.0 Å². The molecule has 1 amide bonds. The van der Waals surface area contributed by atoms with Crippen molar-refractivity contribution in [2.45, 2.75) is 12.5 Å². The molecule has 0 spiro atoms. The van der Waals surface area contributed by atoms with Crippen LogP contribution in [0, 0.1) is 0 Å². The van der Waals surface area contributed by atoms with Gasteiger partial charge in [-0.25, -0.2) is 0 Å². The van der Waals surface area contributed by atoms with Gasteiger partial charge in [-0.05, 0) is 42.3 Å². The maximum atomic E-state index is 13.4. The van der Waals surface area contributed by atoms with Gasteiger partial charge in [0, 0.05) is 25.3 Å². The Kier molecular flexibility index (Phi) is 5.30. The lowest BCUT2D eigenvalue weighted by Gasteiger charge is -2.25. The van der Waals surface area contributed by atoms with Crippen LogP contribution in [-0.2, 0) is 4.74 Å². The van der Waals surface area contributed by atoms with Gasteiger partial charge in [-0.2, -0.15) is 0 Å². The molecule has 0 fully saturated rings. The van der Waals surface area contributed by atoms with Crippen LogP contribution < -0.4 is 10.2 Å². The number of fused-ring (bicyclic) bond motifs is 2. The lowest BCUT2D eigenvalue weighted by Crippen LogP contribution is -2.31. The Bertz CT molecular complexity index is 1140. The molecule has 7 heteroatoms. The van der Waals surface area contributed by atoms with Gasteiger partial charge >= 0.3 is 0 Å². The number of amides is 1. The fourth-order valence-electron chi connectivity index (χ4n) is 3.76. The predicted octanol–water partition coefficient (Wildman–Crippen LogP) is 4.04. The zero-order chi connectivity index (χ0) is 20.5. The highest BCUT2D eigenvalue weighted by Gasteiger charge is 2.42. The van der Waals surface area contributed by atoms with Gasteiger partial charge in [0.2, 0.25) is 5.76 Å². The van der Waals surface area contributed by atoms with Gasteiger partial charge in [0.25, 0.3) is 5.91 Å². The van der Waals surface area contributed by atoms with Gasteiger partial charge in [-0.1, -0.05) is 23.7 Å². The van der Waals surface area contributed by atoms with Crippen molar-refractivity contribution >= 4 is 28.5 Å². The second-order valence-electron chi connectivity index (χ2n) is 6.84. The van der Waals surface area contributed by atoms with E-state index >= 15 is 0 Å². The summed E-state index contributed by atoms with van der Waals surface area (Å²) in [6.07, 6.45) is 0.635. The lowest BCUT2D eigenvalue weighted by molar-refractivity contribution is 0.0707. The maximum absolute atomic E-state index is 13.4. The van der Waals surface area contributed by atoms with Crippen LogP contribution >= 0.6 is 11.6 Å². The molecule has 4 rings (SSSR count). The molecule has 1 aromatic heterocycles. The fourth-order valence-corrected chi connectivity index (χ4v) is 3.93. The number of carbonyl (C=O) groups excluding carboxylic acids is 1. The first-order valence-electron chi connectivity index (χ1n) is 9.25. The van der Waals surface area contributed by atoms with Gasteiger partial charge in [-0.15, -0.1) is 0 Å². The molecule has 0 radical (unpaired) electrons. The molecule has 0 saturated heterocycles. The van der Waals surface area contributed by atoms with E-state index in [9.17, 15) is 9.59 Å². The van der Waals surface area contributed by atoms with E-state index < -0.39 is 6.04 Å². The molecule has 2 heterocycles. The third-order valence-corrected chi connectivity index (χ3v) is 5.32. The first-order chi connectivity index (χ1) is 14.0. The molecule has 1 aliphatic heterocycles. The Labute approximate surface area is 172 Å². The number of nitrogens with zero attached hydrogens (tertiary/aromatic N) is 1. The molecule has 3 aromatic rings. The summed E-state index contributed by atoms with van der Waals surface area (Å²) in [6.45, 7) is 0.930. The van der Waals surface area contributed by atoms with Crippen LogP contribution in [0.15, 0.2) is 51.7 Å². The number of carbonyl (C=O) groups is 1. The van der Waals surface area contributed by atoms with E-state index in [4.69, 9.17) is 25.5 Å². The number of rotatable bonds is 6. The summed E-state index contributed by atoms with van der Waals surface area (Å²) in [5.74, 6) is 0.418. The Morgan fingerprint density at radius 2 is 1.97 bits per heavy atom. The van der Waals surface area contributed by atoms with Gasteiger partial charge in [-0.3, -0.25) is 9.59 Å². The Morgan fingerprint density at radius 3 is 2.72 bits per heavy atom. The van der Waals surface area contributed by atoms with Crippen LogP contribution in [0.5, 0.6) is 5.75 Å². The third kappa shape index (κ3) is 3.39. The zero-order valence-corrected chi connectivity index (χ0v) is 16.9. The molecule has 150 valence electrons. The van der Waals surface area contributed by atoms with E-state index in [1.807, 2.05) is 24.3 Å². The highest BCUT2D eigenvalue weighted by atomic mass is 35.5. The molecule has 1 atom stereocenters. The second-order valence-corrected chi connectivity index (χ2v) is 7.27. The van der Waals surface area contributed by atoms with Gasteiger partial charge in [0.15, 0.2) is 5.43 Å². The van der Waals surface area contributed by atoms with Crippen molar-refractivity contribution in [1.29, 1.82) is 0 Å². The van der Waals surface area contributed by atoms with Crippen molar-refractivity contribution < 1.29 is 18.7 Å². The Hall–Kier alpha value is -2.83. The maximum Gasteiger partial charge on any atom is 0.290 e. The minimum Gasteiger partial charge on any atom is -0.497 e. The van der Waals surface area contributed by atoms with Crippen molar-refractivity contribution in [1.82, 2.24) is 4.90 Å². The van der Waals surface area contributed by atoms with Crippen molar-refractivity contribution in [3.63, 3.8) is 0 Å². The second kappa shape index (κ2) is 7.89. The molecule has 0 N–H and O–H groups in total. The average Bonchev–Trinajstić information content (AvgIpc) is 3.01. The summed E-state index contributed by atoms with van der Waals surface area (Å²) in [6, 6.07) is 11.6. The summed E-state index contributed by atoms with van der Waals surface area (Å²) >= 11 is 6.09. The highest BCUT2D eigenvalue weighted by Crippen LogP contribution is 2.39. The topological polar surface area (TPSA) is 69.0 Å². The van der Waals surface area contributed by atoms with E-state index in [1.165, 1.54) is 0 Å². The van der Waals surface area contributed by atoms with Gasteiger partial charge < -0.3 is 18.8 Å². The van der Waals surface area contributed by atoms with Crippen LogP contribution in [-0.4, -0.2) is 38.2 Å². The SMILES string of the molecule is COCCCN1C(=O)c2oc3ccc(Cl)cc3c(=O)c2C1c1cccc(OC)c1.